The zero-order valence-corrected chi connectivity index (χ0v) is 10.6. The normalized spacial score (nSPS) is 23.6. The van der Waals surface area contributed by atoms with Crippen LogP contribution >= 0.6 is 0 Å². The lowest BCUT2D eigenvalue weighted by Gasteiger charge is -2.27. The SMILES string of the molecule is CC1CC(NC(=O)Cc2cccc(O)c2)CCO1. The van der Waals surface area contributed by atoms with Gasteiger partial charge in [0.15, 0.2) is 0 Å². The Kier molecular flexibility index (Phi) is 4.20. The van der Waals surface area contributed by atoms with E-state index in [9.17, 15) is 9.90 Å². The maximum atomic E-state index is 11.9. The summed E-state index contributed by atoms with van der Waals surface area (Å²) in [6, 6.07) is 7.01. The van der Waals surface area contributed by atoms with Crippen LogP contribution in [0, 0.1) is 0 Å². The Bertz CT molecular complexity index is 419. The number of carbonyl (C=O) groups excluding carboxylic acids is 1. The van der Waals surface area contributed by atoms with Gasteiger partial charge in [-0.2, -0.15) is 0 Å². The van der Waals surface area contributed by atoms with E-state index in [-0.39, 0.29) is 23.8 Å². The molecule has 0 saturated carbocycles. The lowest BCUT2D eigenvalue weighted by molar-refractivity contribution is -0.122. The topological polar surface area (TPSA) is 58.6 Å². The average Bonchev–Trinajstić information content (AvgIpc) is 2.28. The molecule has 98 valence electrons. The first-order valence-corrected chi connectivity index (χ1v) is 6.32. The standard InChI is InChI=1S/C14H19NO3/c1-10-7-12(5-6-18-10)15-14(17)9-11-3-2-4-13(16)8-11/h2-4,8,10,12,16H,5-7,9H2,1H3,(H,15,17). The van der Waals surface area contributed by atoms with Crippen LogP contribution in [0.3, 0.4) is 0 Å². The van der Waals surface area contributed by atoms with Gasteiger partial charge in [0, 0.05) is 12.6 Å². The molecule has 1 aromatic rings. The second-order valence-electron chi connectivity index (χ2n) is 4.82. The van der Waals surface area contributed by atoms with E-state index >= 15 is 0 Å². The highest BCUT2D eigenvalue weighted by molar-refractivity contribution is 5.79. The number of benzene rings is 1. The smallest absolute Gasteiger partial charge is 0.224 e. The van der Waals surface area contributed by atoms with Gasteiger partial charge in [0.25, 0.3) is 0 Å². The summed E-state index contributed by atoms with van der Waals surface area (Å²) in [6.45, 7) is 2.73. The number of ether oxygens (including phenoxy) is 1. The van der Waals surface area contributed by atoms with E-state index in [0.29, 0.717) is 13.0 Å². The van der Waals surface area contributed by atoms with Gasteiger partial charge in [-0.05, 0) is 37.5 Å². The molecule has 1 aromatic carbocycles. The third kappa shape index (κ3) is 3.74. The summed E-state index contributed by atoms with van der Waals surface area (Å²) in [5.74, 6) is 0.194. The summed E-state index contributed by atoms with van der Waals surface area (Å²) in [6.07, 6.45) is 2.26. The number of aromatic hydroxyl groups is 1. The number of carbonyl (C=O) groups is 1. The summed E-state index contributed by atoms with van der Waals surface area (Å²) < 4.78 is 5.44. The number of nitrogens with one attached hydrogen (secondary N) is 1. The maximum absolute atomic E-state index is 11.9. The number of phenols is 1. The minimum Gasteiger partial charge on any atom is -0.508 e. The largest absolute Gasteiger partial charge is 0.508 e. The highest BCUT2D eigenvalue weighted by Gasteiger charge is 2.20. The van der Waals surface area contributed by atoms with Crippen molar-refractivity contribution < 1.29 is 14.6 Å². The Hall–Kier alpha value is -1.55. The second kappa shape index (κ2) is 5.87. The highest BCUT2D eigenvalue weighted by Crippen LogP contribution is 2.14. The van der Waals surface area contributed by atoms with E-state index in [1.807, 2.05) is 13.0 Å². The van der Waals surface area contributed by atoms with E-state index in [1.54, 1.807) is 18.2 Å². The summed E-state index contributed by atoms with van der Waals surface area (Å²) in [4.78, 5) is 11.9. The molecule has 2 N–H and O–H groups in total. The first-order valence-electron chi connectivity index (χ1n) is 6.32. The van der Waals surface area contributed by atoms with Crippen molar-refractivity contribution in [1.82, 2.24) is 5.32 Å². The van der Waals surface area contributed by atoms with Crippen molar-refractivity contribution in [2.24, 2.45) is 0 Å². The van der Waals surface area contributed by atoms with Gasteiger partial charge in [-0.15, -0.1) is 0 Å². The predicted molar refractivity (Wildman–Crippen MR) is 68.4 cm³/mol. The van der Waals surface area contributed by atoms with E-state index in [0.717, 1.165) is 18.4 Å². The van der Waals surface area contributed by atoms with E-state index in [2.05, 4.69) is 5.32 Å². The fraction of sp³-hybridized carbons (Fsp3) is 0.500. The molecule has 1 heterocycles. The molecule has 18 heavy (non-hydrogen) atoms. The summed E-state index contributed by atoms with van der Waals surface area (Å²) in [5.41, 5.74) is 0.826. The molecule has 4 nitrogen and oxygen atoms in total. The first-order chi connectivity index (χ1) is 8.63. The number of amides is 1. The molecule has 0 spiro atoms. The maximum Gasteiger partial charge on any atom is 0.224 e. The molecule has 0 bridgehead atoms. The third-order valence-corrected chi connectivity index (χ3v) is 3.13. The van der Waals surface area contributed by atoms with Gasteiger partial charge in [-0.3, -0.25) is 4.79 Å². The molecule has 2 unspecified atom stereocenters. The number of phenolic OH excluding ortho intramolecular Hbond substituents is 1. The Morgan fingerprint density at radius 1 is 1.56 bits per heavy atom. The van der Waals surface area contributed by atoms with Crippen LogP contribution in [0.15, 0.2) is 24.3 Å². The summed E-state index contributed by atoms with van der Waals surface area (Å²) in [7, 11) is 0. The molecule has 1 aliphatic heterocycles. The van der Waals surface area contributed by atoms with Gasteiger partial charge in [-0.1, -0.05) is 12.1 Å². The van der Waals surface area contributed by atoms with Crippen molar-refractivity contribution in [2.75, 3.05) is 6.61 Å². The molecule has 2 rings (SSSR count). The Morgan fingerprint density at radius 2 is 2.39 bits per heavy atom. The van der Waals surface area contributed by atoms with E-state index < -0.39 is 0 Å². The van der Waals surface area contributed by atoms with Crippen molar-refractivity contribution in [2.45, 2.75) is 38.3 Å². The molecule has 0 aliphatic carbocycles. The van der Waals surface area contributed by atoms with Crippen LogP contribution in [0.25, 0.3) is 0 Å². The van der Waals surface area contributed by atoms with Gasteiger partial charge >= 0.3 is 0 Å². The number of hydrogen-bond acceptors (Lipinski definition) is 3. The molecule has 1 saturated heterocycles. The van der Waals surface area contributed by atoms with Crippen LogP contribution in [0.4, 0.5) is 0 Å². The lowest BCUT2D eigenvalue weighted by Crippen LogP contribution is -2.41. The van der Waals surface area contributed by atoms with Gasteiger partial charge in [-0.25, -0.2) is 0 Å². The Balaban J connectivity index is 1.85. The second-order valence-corrected chi connectivity index (χ2v) is 4.82. The fourth-order valence-corrected chi connectivity index (χ4v) is 2.26. The van der Waals surface area contributed by atoms with Crippen molar-refractivity contribution >= 4 is 5.91 Å². The lowest BCUT2D eigenvalue weighted by atomic mass is 10.0. The van der Waals surface area contributed by atoms with Crippen LogP contribution < -0.4 is 5.32 Å². The number of rotatable bonds is 3. The minimum atomic E-state index is -0.000278. The number of hydrogen-bond donors (Lipinski definition) is 2. The molecule has 4 heteroatoms. The third-order valence-electron chi connectivity index (χ3n) is 3.13. The molecular weight excluding hydrogens is 230 g/mol. The summed E-state index contributed by atoms with van der Waals surface area (Å²) >= 11 is 0. The van der Waals surface area contributed by atoms with Gasteiger partial charge in [0.2, 0.25) is 5.91 Å². The van der Waals surface area contributed by atoms with Crippen molar-refractivity contribution in [1.29, 1.82) is 0 Å². The molecular formula is C14H19NO3. The fourth-order valence-electron chi connectivity index (χ4n) is 2.26. The quantitative estimate of drug-likeness (QED) is 0.855. The molecule has 2 atom stereocenters. The van der Waals surface area contributed by atoms with Crippen molar-refractivity contribution in [3.8, 4) is 5.75 Å². The van der Waals surface area contributed by atoms with E-state index in [1.165, 1.54) is 0 Å². The zero-order valence-electron chi connectivity index (χ0n) is 10.6. The predicted octanol–water partition coefficient (Wildman–Crippen LogP) is 1.62. The van der Waals surface area contributed by atoms with Gasteiger partial charge in [0.05, 0.1) is 12.5 Å². The zero-order chi connectivity index (χ0) is 13.0. The Morgan fingerprint density at radius 3 is 3.11 bits per heavy atom. The van der Waals surface area contributed by atoms with Crippen LogP contribution in [0.2, 0.25) is 0 Å². The molecule has 0 radical (unpaired) electrons. The average molecular weight is 249 g/mol. The monoisotopic (exact) mass is 249 g/mol. The first kappa shape index (κ1) is 12.9. The van der Waals surface area contributed by atoms with E-state index in [4.69, 9.17) is 4.74 Å². The van der Waals surface area contributed by atoms with Gasteiger partial charge in [0.1, 0.15) is 5.75 Å². The molecule has 1 aliphatic rings. The minimum absolute atomic E-state index is 0.000278. The van der Waals surface area contributed by atoms with Crippen molar-refractivity contribution in [3.05, 3.63) is 29.8 Å². The van der Waals surface area contributed by atoms with Crippen LogP contribution in [0.1, 0.15) is 25.3 Å². The van der Waals surface area contributed by atoms with Gasteiger partial charge < -0.3 is 15.2 Å². The highest BCUT2D eigenvalue weighted by atomic mass is 16.5. The molecule has 0 aromatic heterocycles. The summed E-state index contributed by atoms with van der Waals surface area (Å²) in [5, 5.41) is 12.4. The Labute approximate surface area is 107 Å². The van der Waals surface area contributed by atoms with Crippen LogP contribution in [0.5, 0.6) is 5.75 Å². The molecule has 1 fully saturated rings. The van der Waals surface area contributed by atoms with Crippen LogP contribution in [-0.2, 0) is 16.0 Å². The van der Waals surface area contributed by atoms with Crippen molar-refractivity contribution in [3.63, 3.8) is 0 Å². The molecule has 1 amide bonds. The van der Waals surface area contributed by atoms with Crippen LogP contribution in [-0.4, -0.2) is 29.8 Å².